The van der Waals surface area contributed by atoms with E-state index < -0.39 is 5.97 Å². The number of carboxylic acids is 1. The number of nitrogens with zero attached hydrogens (tertiary/aromatic N) is 1. The molecule has 0 radical (unpaired) electrons. The summed E-state index contributed by atoms with van der Waals surface area (Å²) >= 11 is 0. The highest BCUT2D eigenvalue weighted by Crippen LogP contribution is 2.24. The Morgan fingerprint density at radius 3 is 2.71 bits per heavy atom. The van der Waals surface area contributed by atoms with Gasteiger partial charge < -0.3 is 15.2 Å². The summed E-state index contributed by atoms with van der Waals surface area (Å²) in [6, 6.07) is 5.62. The Kier molecular flexibility index (Phi) is 9.28. The van der Waals surface area contributed by atoms with Crippen LogP contribution >= 0.6 is 0 Å². The van der Waals surface area contributed by atoms with E-state index in [0.717, 1.165) is 55.5 Å². The van der Waals surface area contributed by atoms with Gasteiger partial charge >= 0.3 is 5.97 Å². The van der Waals surface area contributed by atoms with E-state index in [0.29, 0.717) is 32.2 Å². The summed E-state index contributed by atoms with van der Waals surface area (Å²) in [4.78, 5) is 25.7. The largest absolute Gasteiger partial charge is 0.493 e. The zero-order valence-electron chi connectivity index (χ0n) is 17.2. The summed E-state index contributed by atoms with van der Waals surface area (Å²) in [6.45, 7) is 7.45. The van der Waals surface area contributed by atoms with Gasteiger partial charge in [-0.15, -0.1) is 0 Å². The van der Waals surface area contributed by atoms with Gasteiger partial charge in [-0.05, 0) is 36.8 Å². The fourth-order valence-electron chi connectivity index (χ4n) is 3.59. The zero-order chi connectivity index (χ0) is 20.4. The first-order chi connectivity index (χ1) is 13.5. The van der Waals surface area contributed by atoms with E-state index in [-0.39, 0.29) is 12.3 Å². The predicted octanol–water partition coefficient (Wildman–Crippen LogP) is 3.23. The van der Waals surface area contributed by atoms with E-state index in [2.05, 4.69) is 24.1 Å². The molecule has 1 aliphatic rings. The lowest BCUT2D eigenvalue weighted by molar-refractivity contribution is -0.136. The summed E-state index contributed by atoms with van der Waals surface area (Å²) in [5.41, 5.74) is 1.71. The maximum Gasteiger partial charge on any atom is 0.307 e. The third-order valence-corrected chi connectivity index (χ3v) is 5.31. The van der Waals surface area contributed by atoms with Crippen LogP contribution in [0.25, 0.3) is 0 Å². The summed E-state index contributed by atoms with van der Waals surface area (Å²) in [7, 11) is 0. The predicted molar refractivity (Wildman–Crippen MR) is 109 cm³/mol. The van der Waals surface area contributed by atoms with Gasteiger partial charge in [0.1, 0.15) is 5.75 Å². The molecule has 0 aliphatic carbocycles. The van der Waals surface area contributed by atoms with E-state index in [4.69, 9.17) is 9.84 Å². The number of amides is 1. The molecule has 1 aliphatic heterocycles. The number of ether oxygens (including phenoxy) is 1. The number of fused-ring (bicyclic) bond motifs is 1. The molecule has 2 rings (SSSR count). The smallest absolute Gasteiger partial charge is 0.307 e. The van der Waals surface area contributed by atoms with Crippen molar-refractivity contribution in [3.8, 4) is 5.75 Å². The van der Waals surface area contributed by atoms with Gasteiger partial charge in [-0.25, -0.2) is 0 Å². The normalized spacial score (nSPS) is 16.9. The lowest BCUT2D eigenvalue weighted by Crippen LogP contribution is -2.39. The van der Waals surface area contributed by atoms with Crippen LogP contribution in [0.3, 0.4) is 0 Å². The highest BCUT2D eigenvalue weighted by atomic mass is 16.5. The molecule has 1 aromatic carbocycles. The molecule has 28 heavy (non-hydrogen) atoms. The van der Waals surface area contributed by atoms with Crippen molar-refractivity contribution in [3.05, 3.63) is 29.3 Å². The first-order valence-electron chi connectivity index (χ1n) is 10.5. The van der Waals surface area contributed by atoms with Crippen LogP contribution in [-0.2, 0) is 22.6 Å². The topological polar surface area (TPSA) is 78.9 Å². The molecule has 0 bridgehead atoms. The second-order valence-electron chi connectivity index (χ2n) is 7.62. The summed E-state index contributed by atoms with van der Waals surface area (Å²) in [6.07, 6.45) is 5.01. The fourth-order valence-corrected chi connectivity index (χ4v) is 3.59. The van der Waals surface area contributed by atoms with E-state index >= 15 is 0 Å². The van der Waals surface area contributed by atoms with E-state index in [9.17, 15) is 9.59 Å². The molecule has 0 atom stereocenters. The van der Waals surface area contributed by atoms with E-state index in [1.54, 1.807) is 0 Å². The fraction of sp³-hybridized carbons (Fsp3) is 0.636. The first-order valence-corrected chi connectivity index (χ1v) is 10.5. The molecule has 1 aromatic rings. The third kappa shape index (κ3) is 7.50. The van der Waals surface area contributed by atoms with Crippen LogP contribution in [0.4, 0.5) is 0 Å². The van der Waals surface area contributed by atoms with Crippen molar-refractivity contribution in [1.82, 2.24) is 10.2 Å². The van der Waals surface area contributed by atoms with Gasteiger partial charge in [-0.1, -0.05) is 38.8 Å². The number of rotatable bonds is 6. The molecule has 6 nitrogen and oxygen atoms in total. The van der Waals surface area contributed by atoms with E-state index in [1.165, 1.54) is 0 Å². The summed E-state index contributed by atoms with van der Waals surface area (Å²) in [5.74, 6) is 0.520. The number of benzene rings is 1. The monoisotopic (exact) mass is 390 g/mol. The Labute approximate surface area is 168 Å². The van der Waals surface area contributed by atoms with Crippen molar-refractivity contribution in [1.29, 1.82) is 0 Å². The van der Waals surface area contributed by atoms with Crippen LogP contribution in [0.1, 0.15) is 57.1 Å². The average Bonchev–Trinajstić information content (AvgIpc) is 2.66. The molecule has 0 unspecified atom stereocenters. The Morgan fingerprint density at radius 2 is 2.00 bits per heavy atom. The molecule has 0 saturated carbocycles. The van der Waals surface area contributed by atoms with Crippen molar-refractivity contribution in [3.63, 3.8) is 0 Å². The van der Waals surface area contributed by atoms with Crippen molar-refractivity contribution < 1.29 is 19.4 Å². The molecule has 0 saturated heterocycles. The second kappa shape index (κ2) is 11.7. The Morgan fingerprint density at radius 1 is 1.21 bits per heavy atom. The first kappa shape index (κ1) is 22.2. The number of carbonyl (C=O) groups is 2. The average molecular weight is 391 g/mol. The number of aliphatic carboxylic acids is 1. The molecule has 2 N–H and O–H groups in total. The third-order valence-electron chi connectivity index (χ3n) is 5.31. The Hall–Kier alpha value is -2.08. The van der Waals surface area contributed by atoms with Gasteiger partial charge in [0, 0.05) is 25.2 Å². The van der Waals surface area contributed by atoms with Gasteiger partial charge in [-0.3, -0.25) is 14.5 Å². The Bertz CT molecular complexity index is 643. The standard InChI is InChI=1S/C22H34N2O4/c1-3-17(4-2)14-24-15-19-12-18(13-22(26)27)8-9-20(19)28-11-7-5-6-10-23-21(25)16-24/h8-9,12,17H,3-7,10-11,13-16H2,1-2H3,(H,23,25)(H,26,27). The van der Waals surface area contributed by atoms with Gasteiger partial charge in [0.15, 0.2) is 0 Å². The van der Waals surface area contributed by atoms with Crippen molar-refractivity contribution in [2.24, 2.45) is 5.92 Å². The van der Waals surface area contributed by atoms with Crippen molar-refractivity contribution in [2.45, 2.75) is 58.9 Å². The quantitative estimate of drug-likeness (QED) is 0.780. The molecule has 0 aromatic heterocycles. The lowest BCUT2D eigenvalue weighted by Gasteiger charge is -2.27. The number of nitrogens with one attached hydrogen (secondary N) is 1. The lowest BCUT2D eigenvalue weighted by atomic mass is 10.0. The van der Waals surface area contributed by atoms with Crippen LogP contribution in [0.5, 0.6) is 5.75 Å². The number of hydrogen-bond donors (Lipinski definition) is 2. The van der Waals surface area contributed by atoms with Gasteiger partial charge in [0.2, 0.25) is 5.91 Å². The van der Waals surface area contributed by atoms with Crippen LogP contribution < -0.4 is 10.1 Å². The summed E-state index contributed by atoms with van der Waals surface area (Å²) in [5, 5.41) is 12.2. The van der Waals surface area contributed by atoms with E-state index in [1.807, 2.05) is 18.2 Å². The van der Waals surface area contributed by atoms with Crippen molar-refractivity contribution in [2.75, 3.05) is 26.2 Å². The molecule has 6 heteroatoms. The number of carbonyl (C=O) groups excluding carboxylic acids is 1. The molecule has 156 valence electrons. The van der Waals surface area contributed by atoms with Crippen LogP contribution in [-0.4, -0.2) is 48.1 Å². The maximum atomic E-state index is 12.4. The minimum Gasteiger partial charge on any atom is -0.493 e. The molecule has 0 spiro atoms. The highest BCUT2D eigenvalue weighted by Gasteiger charge is 2.18. The number of hydrogen-bond acceptors (Lipinski definition) is 4. The van der Waals surface area contributed by atoms with Crippen molar-refractivity contribution >= 4 is 11.9 Å². The van der Waals surface area contributed by atoms with Crippen LogP contribution in [0.15, 0.2) is 18.2 Å². The molecule has 1 heterocycles. The molecular formula is C22H34N2O4. The van der Waals surface area contributed by atoms with Gasteiger partial charge in [0.25, 0.3) is 0 Å². The Balaban J connectivity index is 2.28. The van der Waals surface area contributed by atoms with Gasteiger partial charge in [0.05, 0.1) is 19.6 Å². The van der Waals surface area contributed by atoms with Gasteiger partial charge in [-0.2, -0.15) is 0 Å². The zero-order valence-corrected chi connectivity index (χ0v) is 17.2. The second-order valence-corrected chi connectivity index (χ2v) is 7.62. The summed E-state index contributed by atoms with van der Waals surface area (Å²) < 4.78 is 6.01. The molecule has 0 fully saturated rings. The minimum absolute atomic E-state index is 0.0136. The van der Waals surface area contributed by atoms with Crippen LogP contribution in [0.2, 0.25) is 0 Å². The molecule has 1 amide bonds. The maximum absolute atomic E-state index is 12.4. The SMILES string of the molecule is CCC(CC)CN1CC(=O)NCCCCCOc2ccc(CC(=O)O)cc2C1. The minimum atomic E-state index is -0.848. The molecular weight excluding hydrogens is 356 g/mol. The van der Waals surface area contributed by atoms with Crippen LogP contribution in [0, 0.1) is 5.92 Å². The number of carboxylic acid groups (broad SMARTS) is 1. The highest BCUT2D eigenvalue weighted by molar-refractivity contribution is 5.78.